The van der Waals surface area contributed by atoms with Gasteiger partial charge < -0.3 is 5.73 Å². The maximum atomic E-state index is 6.57. The highest BCUT2D eigenvalue weighted by Gasteiger charge is 2.60. The fourth-order valence-corrected chi connectivity index (χ4v) is 4.93. The lowest BCUT2D eigenvalue weighted by molar-refractivity contribution is -0.205. The van der Waals surface area contributed by atoms with Gasteiger partial charge in [0, 0.05) is 43.1 Å². The Morgan fingerprint density at radius 2 is 1.42 bits per heavy atom. The quantitative estimate of drug-likeness (QED) is 0.830. The van der Waals surface area contributed by atoms with Crippen molar-refractivity contribution >= 4 is 0 Å². The van der Waals surface area contributed by atoms with E-state index in [4.69, 9.17) is 5.73 Å². The Hall–Kier alpha value is -0.900. The van der Waals surface area contributed by atoms with E-state index in [-0.39, 0.29) is 10.8 Å². The maximum absolute atomic E-state index is 6.57. The summed E-state index contributed by atoms with van der Waals surface area (Å²) >= 11 is 0. The van der Waals surface area contributed by atoms with Crippen molar-refractivity contribution in [3.8, 4) is 0 Å². The molecule has 1 aromatic rings. The van der Waals surface area contributed by atoms with Crippen LogP contribution in [0.4, 0.5) is 0 Å². The summed E-state index contributed by atoms with van der Waals surface area (Å²) in [6, 6.07) is 11.3. The van der Waals surface area contributed by atoms with Crippen LogP contribution in [0.5, 0.6) is 0 Å². The van der Waals surface area contributed by atoms with Crippen LogP contribution >= 0.6 is 0 Å². The normalized spacial score (nSPS) is 51.5. The Labute approximate surface area is 115 Å². The zero-order valence-electron chi connectivity index (χ0n) is 11.8. The zero-order chi connectivity index (χ0) is 13.3. The highest BCUT2D eigenvalue weighted by molar-refractivity contribution is 5.24. The molecule has 4 aliphatic heterocycles. The van der Waals surface area contributed by atoms with Crippen LogP contribution < -0.4 is 5.73 Å². The lowest BCUT2D eigenvalue weighted by Gasteiger charge is -2.68. The van der Waals surface area contributed by atoms with Crippen LogP contribution in [0, 0.1) is 10.8 Å². The van der Waals surface area contributed by atoms with E-state index >= 15 is 0 Å². The molecule has 0 radical (unpaired) electrons. The molecule has 4 heterocycles. The number of hydrogen-bond acceptors (Lipinski definition) is 3. The molecule has 0 spiro atoms. The fourth-order valence-electron chi connectivity index (χ4n) is 4.93. The molecule has 2 N–H and O–H groups in total. The average molecular weight is 257 g/mol. The molecule has 4 saturated heterocycles. The summed E-state index contributed by atoms with van der Waals surface area (Å²) in [7, 11) is 0. The monoisotopic (exact) mass is 257 g/mol. The zero-order valence-corrected chi connectivity index (χ0v) is 11.8. The van der Waals surface area contributed by atoms with E-state index < -0.39 is 0 Å². The van der Waals surface area contributed by atoms with E-state index in [1.54, 1.807) is 0 Å². The van der Waals surface area contributed by atoms with Gasteiger partial charge >= 0.3 is 0 Å². The number of hydrogen-bond donors (Lipinski definition) is 1. The van der Waals surface area contributed by atoms with Crippen LogP contribution in [0.15, 0.2) is 30.3 Å². The van der Waals surface area contributed by atoms with Gasteiger partial charge in [0.25, 0.3) is 0 Å². The molecule has 0 amide bonds. The molecule has 4 bridgehead atoms. The number of nitrogens with two attached hydrogens (primary N) is 1. The van der Waals surface area contributed by atoms with E-state index in [1.165, 1.54) is 5.56 Å². The summed E-state index contributed by atoms with van der Waals surface area (Å²) in [6.07, 6.45) is 0.467. The molecule has 0 aromatic heterocycles. The predicted octanol–water partition coefficient (Wildman–Crippen LogP) is 1.67. The first kappa shape index (κ1) is 11.9. The van der Waals surface area contributed by atoms with Crippen molar-refractivity contribution < 1.29 is 0 Å². The smallest absolute Gasteiger partial charge is 0.0887 e. The summed E-state index contributed by atoms with van der Waals surface area (Å²) in [4.78, 5) is 5.29. The average Bonchev–Trinajstić information content (AvgIpc) is 2.36. The largest absolute Gasteiger partial charge is 0.327 e. The van der Waals surface area contributed by atoms with E-state index in [1.807, 2.05) is 0 Å². The maximum Gasteiger partial charge on any atom is 0.0887 e. The first-order valence-electron chi connectivity index (χ1n) is 7.31. The first-order valence-corrected chi connectivity index (χ1v) is 7.31. The molecular formula is C16H23N3. The minimum Gasteiger partial charge on any atom is -0.327 e. The van der Waals surface area contributed by atoms with Crippen LogP contribution in [0.25, 0.3) is 0 Å². The van der Waals surface area contributed by atoms with E-state index in [2.05, 4.69) is 54.0 Å². The third-order valence-corrected chi connectivity index (χ3v) is 5.55. The predicted molar refractivity (Wildman–Crippen MR) is 76.5 cm³/mol. The van der Waals surface area contributed by atoms with Gasteiger partial charge in [0.05, 0.1) is 6.17 Å². The summed E-state index contributed by atoms with van der Waals surface area (Å²) in [5.41, 5.74) is 8.52. The number of benzene rings is 1. The van der Waals surface area contributed by atoms with Gasteiger partial charge in [0.2, 0.25) is 0 Å². The van der Waals surface area contributed by atoms with Gasteiger partial charge in [0.1, 0.15) is 0 Å². The van der Waals surface area contributed by atoms with Crippen LogP contribution in [0.1, 0.15) is 25.6 Å². The Bertz CT molecular complexity index is 460. The van der Waals surface area contributed by atoms with Crippen LogP contribution in [-0.4, -0.2) is 42.0 Å². The Morgan fingerprint density at radius 1 is 0.947 bits per heavy atom. The van der Waals surface area contributed by atoms with E-state index in [9.17, 15) is 0 Å². The molecule has 0 unspecified atom stereocenters. The molecule has 0 aliphatic carbocycles. The van der Waals surface area contributed by atoms with E-state index in [0.29, 0.717) is 12.2 Å². The molecule has 5 rings (SSSR count). The molecule has 3 heteroatoms. The topological polar surface area (TPSA) is 32.5 Å². The molecule has 3 nitrogen and oxygen atoms in total. The Balaban J connectivity index is 1.74. The minimum absolute atomic E-state index is 0.260. The van der Waals surface area contributed by atoms with Crippen molar-refractivity contribution in [2.45, 2.75) is 26.1 Å². The van der Waals surface area contributed by atoms with Gasteiger partial charge in [-0.15, -0.1) is 0 Å². The van der Waals surface area contributed by atoms with Crippen molar-refractivity contribution in [2.75, 3.05) is 26.2 Å². The standard InChI is InChI=1S/C16H23N3/c1-15-8-18-10-16(2,14(15)17)11-19(9-15)13(18)12-6-4-3-5-7-12/h3-7,13-14H,8-11,17H2,1-2H3. The van der Waals surface area contributed by atoms with Crippen molar-refractivity contribution in [2.24, 2.45) is 16.6 Å². The van der Waals surface area contributed by atoms with E-state index in [0.717, 1.165) is 26.2 Å². The molecule has 4 fully saturated rings. The van der Waals surface area contributed by atoms with Crippen molar-refractivity contribution in [3.63, 3.8) is 0 Å². The molecule has 1 aromatic carbocycles. The molecular weight excluding hydrogens is 234 g/mol. The number of piperidine rings is 2. The van der Waals surface area contributed by atoms with Gasteiger partial charge in [-0.05, 0) is 5.56 Å². The van der Waals surface area contributed by atoms with Crippen molar-refractivity contribution in [1.29, 1.82) is 0 Å². The Morgan fingerprint density at radius 3 is 1.89 bits per heavy atom. The Kier molecular flexibility index (Phi) is 2.25. The SMILES string of the molecule is CC12CN3CC(C)(CN(C1)C3c1ccccc1)C2N. The minimum atomic E-state index is 0.260. The number of rotatable bonds is 1. The molecule has 102 valence electrons. The second kappa shape index (κ2) is 3.60. The summed E-state index contributed by atoms with van der Waals surface area (Å²) in [5.74, 6) is 0. The van der Waals surface area contributed by atoms with Crippen molar-refractivity contribution in [3.05, 3.63) is 35.9 Å². The van der Waals surface area contributed by atoms with Gasteiger partial charge in [0.15, 0.2) is 0 Å². The summed E-state index contributed by atoms with van der Waals surface area (Å²) in [5, 5.41) is 0. The van der Waals surface area contributed by atoms with Crippen LogP contribution in [0.3, 0.4) is 0 Å². The first-order chi connectivity index (χ1) is 9.02. The molecule has 0 atom stereocenters. The van der Waals surface area contributed by atoms with Crippen LogP contribution in [-0.2, 0) is 0 Å². The van der Waals surface area contributed by atoms with Gasteiger partial charge in [-0.2, -0.15) is 0 Å². The third-order valence-electron chi connectivity index (χ3n) is 5.55. The van der Waals surface area contributed by atoms with Crippen LogP contribution in [0.2, 0.25) is 0 Å². The van der Waals surface area contributed by atoms with Gasteiger partial charge in [-0.25, -0.2) is 0 Å². The molecule has 0 saturated carbocycles. The third kappa shape index (κ3) is 1.49. The molecule has 4 aliphatic rings. The lowest BCUT2D eigenvalue weighted by Crippen LogP contribution is -2.78. The second-order valence-corrected chi connectivity index (χ2v) is 7.38. The highest BCUT2D eigenvalue weighted by atomic mass is 15.4. The van der Waals surface area contributed by atoms with Gasteiger partial charge in [-0.1, -0.05) is 44.2 Å². The fraction of sp³-hybridized carbons (Fsp3) is 0.625. The summed E-state index contributed by atoms with van der Waals surface area (Å²) in [6.45, 7) is 9.30. The second-order valence-electron chi connectivity index (χ2n) is 7.38. The summed E-state index contributed by atoms with van der Waals surface area (Å²) < 4.78 is 0. The number of nitrogens with zero attached hydrogens (tertiary/aromatic N) is 2. The highest BCUT2D eigenvalue weighted by Crippen LogP contribution is 2.53. The molecule has 19 heavy (non-hydrogen) atoms. The lowest BCUT2D eigenvalue weighted by atomic mass is 9.59. The van der Waals surface area contributed by atoms with Gasteiger partial charge in [-0.3, -0.25) is 9.80 Å². The van der Waals surface area contributed by atoms with Crippen molar-refractivity contribution in [1.82, 2.24) is 9.80 Å².